The van der Waals surface area contributed by atoms with Gasteiger partial charge in [-0.25, -0.2) is 4.79 Å². The van der Waals surface area contributed by atoms with Crippen LogP contribution >= 0.6 is 12.2 Å². The topological polar surface area (TPSA) is 61.4 Å². The number of aliphatic carboxylic acids is 1. The highest BCUT2D eigenvalue weighted by atomic mass is 32.1. The molecule has 0 bridgehead atoms. The van der Waals surface area contributed by atoms with Crippen LogP contribution in [0.15, 0.2) is 0 Å². The molecule has 0 aromatic rings. The van der Waals surface area contributed by atoms with Gasteiger partial charge in [-0.3, -0.25) is 0 Å². The average molecular weight is 258 g/mol. The lowest BCUT2D eigenvalue weighted by Crippen LogP contribution is -2.49. The molecule has 0 amide bonds. The van der Waals surface area contributed by atoms with E-state index in [9.17, 15) is 4.79 Å². The predicted octanol–water partition coefficient (Wildman–Crippen LogP) is 2.04. The lowest BCUT2D eigenvalue weighted by atomic mass is 9.96. The highest BCUT2D eigenvalue weighted by Crippen LogP contribution is 2.17. The molecule has 0 aromatic heterocycles. The molecule has 1 atom stereocenters. The molecule has 1 fully saturated rings. The Hall–Kier alpha value is -0.840. The van der Waals surface area contributed by atoms with E-state index in [1.54, 1.807) is 0 Å². The van der Waals surface area contributed by atoms with E-state index >= 15 is 0 Å². The highest BCUT2D eigenvalue weighted by Gasteiger charge is 2.19. The lowest BCUT2D eigenvalue weighted by molar-refractivity contribution is -0.139. The minimum Gasteiger partial charge on any atom is -0.480 e. The van der Waals surface area contributed by atoms with Gasteiger partial charge in [0.05, 0.1) is 0 Å². The average Bonchev–Trinajstić information content (AvgIpc) is 2.29. The molecule has 1 rings (SSSR count). The number of carbonyl (C=O) groups is 1. The molecular formula is C12H22N2O2S. The van der Waals surface area contributed by atoms with Crippen molar-refractivity contribution in [2.75, 3.05) is 0 Å². The zero-order chi connectivity index (χ0) is 12.7. The third kappa shape index (κ3) is 5.35. The van der Waals surface area contributed by atoms with Crippen molar-refractivity contribution in [3.8, 4) is 0 Å². The van der Waals surface area contributed by atoms with Gasteiger partial charge in [0.15, 0.2) is 5.11 Å². The van der Waals surface area contributed by atoms with Crippen LogP contribution in [-0.2, 0) is 4.79 Å². The molecule has 4 nitrogen and oxygen atoms in total. The summed E-state index contributed by atoms with van der Waals surface area (Å²) in [6.07, 6.45) is 7.46. The monoisotopic (exact) mass is 258 g/mol. The molecule has 0 unspecified atom stereocenters. The van der Waals surface area contributed by atoms with Crippen LogP contribution in [0.3, 0.4) is 0 Å². The molecule has 0 spiro atoms. The zero-order valence-electron chi connectivity index (χ0n) is 10.4. The quantitative estimate of drug-likeness (QED) is 0.659. The van der Waals surface area contributed by atoms with Gasteiger partial charge in [-0.15, -0.1) is 0 Å². The van der Waals surface area contributed by atoms with Crippen molar-refractivity contribution in [2.24, 2.45) is 0 Å². The first-order chi connectivity index (χ1) is 8.13. The van der Waals surface area contributed by atoms with Crippen molar-refractivity contribution in [3.05, 3.63) is 0 Å². The fraction of sp³-hybridized carbons (Fsp3) is 0.833. The minimum atomic E-state index is -0.834. The first-order valence-electron chi connectivity index (χ1n) is 6.43. The molecule has 1 aliphatic carbocycles. The Morgan fingerprint density at radius 3 is 2.59 bits per heavy atom. The van der Waals surface area contributed by atoms with E-state index < -0.39 is 12.0 Å². The van der Waals surface area contributed by atoms with Gasteiger partial charge in [-0.05, 0) is 31.5 Å². The first-order valence-corrected chi connectivity index (χ1v) is 6.84. The summed E-state index contributed by atoms with van der Waals surface area (Å²) < 4.78 is 0. The molecular weight excluding hydrogens is 236 g/mol. The minimum absolute atomic E-state index is 0.417. The third-order valence-corrected chi connectivity index (χ3v) is 3.36. The van der Waals surface area contributed by atoms with E-state index in [0.29, 0.717) is 17.6 Å². The molecule has 3 N–H and O–H groups in total. The molecule has 1 saturated carbocycles. The second-order valence-corrected chi connectivity index (χ2v) is 5.04. The van der Waals surface area contributed by atoms with E-state index in [1.807, 2.05) is 6.92 Å². The molecule has 0 saturated heterocycles. The van der Waals surface area contributed by atoms with Gasteiger partial charge in [0.25, 0.3) is 0 Å². The number of carboxylic acids is 1. The van der Waals surface area contributed by atoms with Crippen LogP contribution in [0, 0.1) is 0 Å². The number of rotatable bonds is 5. The van der Waals surface area contributed by atoms with E-state index in [4.69, 9.17) is 17.3 Å². The Kier molecular flexibility index (Phi) is 6.26. The lowest BCUT2D eigenvalue weighted by Gasteiger charge is -2.25. The Morgan fingerprint density at radius 1 is 1.41 bits per heavy atom. The SMILES string of the molecule is CCC[C@H](NC(=S)NC1CCCCC1)C(=O)O. The van der Waals surface area contributed by atoms with Crippen LogP contribution < -0.4 is 10.6 Å². The van der Waals surface area contributed by atoms with E-state index in [2.05, 4.69) is 10.6 Å². The van der Waals surface area contributed by atoms with Gasteiger partial charge < -0.3 is 15.7 Å². The number of carboxylic acid groups (broad SMARTS) is 1. The van der Waals surface area contributed by atoms with Gasteiger partial charge >= 0.3 is 5.97 Å². The summed E-state index contributed by atoms with van der Waals surface area (Å²) in [6, 6.07) is -0.150. The van der Waals surface area contributed by atoms with Gasteiger partial charge in [0.2, 0.25) is 0 Å². The first kappa shape index (κ1) is 14.2. The van der Waals surface area contributed by atoms with Crippen molar-refractivity contribution < 1.29 is 9.90 Å². The third-order valence-electron chi connectivity index (χ3n) is 3.12. The standard InChI is InChI=1S/C12H22N2O2S/c1-2-6-10(11(15)16)14-12(17)13-9-7-4-3-5-8-9/h9-10H,2-8H2,1H3,(H,15,16)(H2,13,14,17)/t10-/m0/s1. The molecule has 5 heteroatoms. The molecule has 0 radical (unpaired) electrons. The maximum atomic E-state index is 11.0. The van der Waals surface area contributed by atoms with Gasteiger partial charge in [0.1, 0.15) is 6.04 Å². The Labute approximate surface area is 108 Å². The molecule has 98 valence electrons. The van der Waals surface area contributed by atoms with Crippen molar-refractivity contribution >= 4 is 23.3 Å². The number of hydrogen-bond acceptors (Lipinski definition) is 2. The highest BCUT2D eigenvalue weighted by molar-refractivity contribution is 7.80. The van der Waals surface area contributed by atoms with Crippen molar-refractivity contribution in [2.45, 2.75) is 64.0 Å². The molecule has 0 heterocycles. The van der Waals surface area contributed by atoms with Crippen LogP contribution in [0.4, 0.5) is 0 Å². The van der Waals surface area contributed by atoms with E-state index in [1.165, 1.54) is 19.3 Å². The second kappa shape index (κ2) is 7.48. The van der Waals surface area contributed by atoms with Crippen LogP contribution in [0.1, 0.15) is 51.9 Å². The summed E-state index contributed by atoms with van der Waals surface area (Å²) in [5, 5.41) is 15.6. The molecule has 17 heavy (non-hydrogen) atoms. The Balaban J connectivity index is 2.33. The van der Waals surface area contributed by atoms with Crippen LogP contribution in [0.5, 0.6) is 0 Å². The Bertz CT molecular complexity index is 265. The summed E-state index contributed by atoms with van der Waals surface area (Å²) in [4.78, 5) is 11.0. The number of thiocarbonyl (C=S) groups is 1. The fourth-order valence-electron chi connectivity index (χ4n) is 2.18. The van der Waals surface area contributed by atoms with E-state index in [0.717, 1.165) is 19.3 Å². The maximum Gasteiger partial charge on any atom is 0.326 e. The summed E-state index contributed by atoms with van der Waals surface area (Å²) >= 11 is 5.16. The molecule has 1 aliphatic rings. The molecule has 0 aromatic carbocycles. The smallest absolute Gasteiger partial charge is 0.326 e. The second-order valence-electron chi connectivity index (χ2n) is 4.63. The normalized spacial score (nSPS) is 18.4. The summed E-state index contributed by atoms with van der Waals surface area (Å²) in [5.74, 6) is -0.834. The summed E-state index contributed by atoms with van der Waals surface area (Å²) in [5.41, 5.74) is 0. The van der Waals surface area contributed by atoms with Crippen LogP contribution in [0.25, 0.3) is 0 Å². The molecule has 0 aliphatic heterocycles. The van der Waals surface area contributed by atoms with E-state index in [-0.39, 0.29) is 0 Å². The Morgan fingerprint density at radius 2 is 2.06 bits per heavy atom. The van der Waals surface area contributed by atoms with Gasteiger partial charge in [-0.2, -0.15) is 0 Å². The largest absolute Gasteiger partial charge is 0.480 e. The number of hydrogen-bond donors (Lipinski definition) is 3. The maximum absolute atomic E-state index is 11.0. The summed E-state index contributed by atoms with van der Waals surface area (Å²) in [6.45, 7) is 1.97. The van der Waals surface area contributed by atoms with Crippen LogP contribution in [-0.4, -0.2) is 28.3 Å². The van der Waals surface area contributed by atoms with Gasteiger partial charge in [-0.1, -0.05) is 32.6 Å². The summed E-state index contributed by atoms with van der Waals surface area (Å²) in [7, 11) is 0. The van der Waals surface area contributed by atoms with Crippen molar-refractivity contribution in [1.29, 1.82) is 0 Å². The van der Waals surface area contributed by atoms with Crippen molar-refractivity contribution in [3.63, 3.8) is 0 Å². The van der Waals surface area contributed by atoms with Crippen molar-refractivity contribution in [1.82, 2.24) is 10.6 Å². The number of nitrogens with one attached hydrogen (secondary N) is 2. The van der Waals surface area contributed by atoms with Crippen LogP contribution in [0.2, 0.25) is 0 Å². The predicted molar refractivity (Wildman–Crippen MR) is 72.1 cm³/mol. The fourth-order valence-corrected chi connectivity index (χ4v) is 2.49. The van der Waals surface area contributed by atoms with Gasteiger partial charge in [0, 0.05) is 6.04 Å². The zero-order valence-corrected chi connectivity index (χ0v) is 11.2.